The van der Waals surface area contributed by atoms with Crippen LogP contribution in [-0.4, -0.2) is 67.3 Å². The molecule has 4 rings (SSSR count). The van der Waals surface area contributed by atoms with Crippen LogP contribution in [0.1, 0.15) is 12.8 Å². The molecule has 0 saturated carbocycles. The molecular formula is C20H25F3N2O3. The third kappa shape index (κ3) is 4.79. The number of piperidine rings is 1. The van der Waals surface area contributed by atoms with Crippen LogP contribution in [0.15, 0.2) is 30.5 Å². The third-order valence-corrected chi connectivity index (χ3v) is 5.30. The van der Waals surface area contributed by atoms with Crippen LogP contribution in [0.3, 0.4) is 0 Å². The molecule has 0 spiro atoms. The van der Waals surface area contributed by atoms with Gasteiger partial charge in [0.25, 0.3) is 0 Å². The number of likely N-dealkylation sites (tertiary alicyclic amines) is 1. The standard InChI is InChI=1S/C20H25F3N2O3/c21-20(22,23)14-25-9-6-17-18(25)2-1-3-19(17)28-15-4-7-24(8-5-15)12-16-13-26-10-11-27-16/h1-3,6,9,15-16H,4-5,7-8,10-14H2. The SMILES string of the molecule is FC(F)(F)Cn1ccc2c(OC3CCN(CC4COCCO4)CC3)cccc21. The highest BCUT2D eigenvalue weighted by atomic mass is 19.4. The monoisotopic (exact) mass is 398 g/mol. The zero-order valence-corrected chi connectivity index (χ0v) is 15.7. The maximum Gasteiger partial charge on any atom is 0.406 e. The molecule has 2 fully saturated rings. The van der Waals surface area contributed by atoms with Crippen LogP contribution in [-0.2, 0) is 16.0 Å². The molecule has 2 aliphatic rings. The summed E-state index contributed by atoms with van der Waals surface area (Å²) in [5, 5.41) is 0.724. The summed E-state index contributed by atoms with van der Waals surface area (Å²) in [5.74, 6) is 0.654. The van der Waals surface area contributed by atoms with Crippen LogP contribution in [0, 0.1) is 0 Å². The first-order chi connectivity index (χ1) is 13.5. The minimum atomic E-state index is -4.25. The highest BCUT2D eigenvalue weighted by Gasteiger charge is 2.29. The second kappa shape index (κ2) is 8.31. The van der Waals surface area contributed by atoms with Gasteiger partial charge in [0.15, 0.2) is 0 Å². The maximum atomic E-state index is 12.8. The lowest BCUT2D eigenvalue weighted by Crippen LogP contribution is -2.45. The van der Waals surface area contributed by atoms with Crippen LogP contribution in [0.5, 0.6) is 5.75 Å². The summed E-state index contributed by atoms with van der Waals surface area (Å²) in [5.41, 5.74) is 0.543. The van der Waals surface area contributed by atoms with Gasteiger partial charge >= 0.3 is 6.18 Å². The number of hydrogen-bond acceptors (Lipinski definition) is 4. The fraction of sp³-hybridized carbons (Fsp3) is 0.600. The normalized spacial score (nSPS) is 22.6. The quantitative estimate of drug-likeness (QED) is 0.773. The number of rotatable bonds is 5. The third-order valence-electron chi connectivity index (χ3n) is 5.30. The lowest BCUT2D eigenvalue weighted by atomic mass is 10.1. The van der Waals surface area contributed by atoms with Crippen molar-refractivity contribution in [2.45, 2.75) is 37.8 Å². The first-order valence-corrected chi connectivity index (χ1v) is 9.71. The van der Waals surface area contributed by atoms with Crippen LogP contribution in [0.2, 0.25) is 0 Å². The van der Waals surface area contributed by atoms with Crippen molar-refractivity contribution in [3.8, 4) is 5.75 Å². The van der Waals surface area contributed by atoms with Crippen LogP contribution >= 0.6 is 0 Å². The van der Waals surface area contributed by atoms with Crippen molar-refractivity contribution >= 4 is 10.9 Å². The van der Waals surface area contributed by atoms with Gasteiger partial charge in [-0.1, -0.05) is 6.07 Å². The van der Waals surface area contributed by atoms with Crippen molar-refractivity contribution in [1.29, 1.82) is 0 Å². The summed E-state index contributed by atoms with van der Waals surface area (Å²) in [6.07, 6.45) is -0.812. The Kier molecular flexibility index (Phi) is 5.80. The van der Waals surface area contributed by atoms with Crippen molar-refractivity contribution < 1.29 is 27.4 Å². The average molecular weight is 398 g/mol. The fourth-order valence-corrected chi connectivity index (χ4v) is 3.95. The van der Waals surface area contributed by atoms with Crippen LogP contribution in [0.25, 0.3) is 10.9 Å². The van der Waals surface area contributed by atoms with Gasteiger partial charge in [-0.15, -0.1) is 0 Å². The molecule has 0 bridgehead atoms. The van der Waals surface area contributed by atoms with Crippen molar-refractivity contribution in [3.05, 3.63) is 30.5 Å². The Bertz CT molecular complexity index is 779. The minimum Gasteiger partial charge on any atom is -0.490 e. The van der Waals surface area contributed by atoms with E-state index in [2.05, 4.69) is 4.90 Å². The van der Waals surface area contributed by atoms with Crippen molar-refractivity contribution in [2.24, 2.45) is 0 Å². The molecule has 28 heavy (non-hydrogen) atoms. The second-order valence-electron chi connectivity index (χ2n) is 7.43. The van der Waals surface area contributed by atoms with Gasteiger partial charge in [0.2, 0.25) is 0 Å². The molecule has 3 heterocycles. The van der Waals surface area contributed by atoms with E-state index in [0.717, 1.165) is 37.9 Å². The molecule has 2 aliphatic heterocycles. The van der Waals surface area contributed by atoms with E-state index < -0.39 is 12.7 Å². The smallest absolute Gasteiger partial charge is 0.406 e. The summed E-state index contributed by atoms with van der Waals surface area (Å²) in [4.78, 5) is 2.36. The number of halogens is 3. The van der Waals surface area contributed by atoms with Gasteiger partial charge in [-0.25, -0.2) is 0 Å². The van der Waals surface area contributed by atoms with E-state index in [1.807, 2.05) is 6.07 Å². The van der Waals surface area contributed by atoms with Gasteiger partial charge in [-0.05, 0) is 31.0 Å². The van der Waals surface area contributed by atoms with E-state index in [1.165, 1.54) is 10.8 Å². The molecule has 1 aromatic heterocycles. The molecule has 8 heteroatoms. The number of nitrogens with zero attached hydrogens (tertiary/aromatic N) is 2. The number of aromatic nitrogens is 1. The summed E-state index contributed by atoms with van der Waals surface area (Å²) in [7, 11) is 0. The van der Waals surface area contributed by atoms with Gasteiger partial charge < -0.3 is 23.7 Å². The largest absolute Gasteiger partial charge is 0.490 e. The molecule has 2 saturated heterocycles. The predicted molar refractivity (Wildman–Crippen MR) is 98.6 cm³/mol. The number of fused-ring (bicyclic) bond motifs is 1. The molecule has 0 N–H and O–H groups in total. The Morgan fingerprint density at radius 2 is 1.93 bits per heavy atom. The molecule has 154 valence electrons. The topological polar surface area (TPSA) is 35.9 Å². The zero-order valence-electron chi connectivity index (χ0n) is 15.7. The summed E-state index contributed by atoms with van der Waals surface area (Å²) < 4.78 is 56.8. The Hall–Kier alpha value is -1.77. The number of ether oxygens (including phenoxy) is 3. The van der Waals surface area contributed by atoms with E-state index >= 15 is 0 Å². The van der Waals surface area contributed by atoms with E-state index in [4.69, 9.17) is 14.2 Å². The van der Waals surface area contributed by atoms with Gasteiger partial charge in [-0.3, -0.25) is 0 Å². The Labute approximate surface area is 161 Å². The summed E-state index contributed by atoms with van der Waals surface area (Å²) in [6.45, 7) is 3.66. The lowest BCUT2D eigenvalue weighted by molar-refractivity contribution is -0.139. The average Bonchev–Trinajstić information content (AvgIpc) is 3.06. The van der Waals surface area contributed by atoms with Crippen LogP contribution < -0.4 is 4.74 Å². The zero-order chi connectivity index (χ0) is 19.6. The first kappa shape index (κ1) is 19.5. The molecule has 1 unspecified atom stereocenters. The highest BCUT2D eigenvalue weighted by molar-refractivity contribution is 5.86. The molecule has 0 aliphatic carbocycles. The van der Waals surface area contributed by atoms with Gasteiger partial charge in [0.05, 0.1) is 31.4 Å². The highest BCUT2D eigenvalue weighted by Crippen LogP contribution is 2.31. The summed E-state index contributed by atoms with van der Waals surface area (Å²) in [6, 6.07) is 6.98. The second-order valence-corrected chi connectivity index (χ2v) is 7.43. The molecule has 1 aromatic carbocycles. The fourth-order valence-electron chi connectivity index (χ4n) is 3.95. The van der Waals surface area contributed by atoms with Crippen molar-refractivity contribution in [3.63, 3.8) is 0 Å². The lowest BCUT2D eigenvalue weighted by Gasteiger charge is -2.35. The number of benzene rings is 1. The van der Waals surface area contributed by atoms with Crippen molar-refractivity contribution in [1.82, 2.24) is 9.47 Å². The molecule has 2 aromatic rings. The molecule has 1 atom stereocenters. The van der Waals surface area contributed by atoms with E-state index in [0.29, 0.717) is 31.1 Å². The number of alkyl halides is 3. The van der Waals surface area contributed by atoms with Crippen LogP contribution in [0.4, 0.5) is 13.2 Å². The molecule has 5 nitrogen and oxygen atoms in total. The maximum absolute atomic E-state index is 12.8. The Morgan fingerprint density at radius 3 is 2.64 bits per heavy atom. The summed E-state index contributed by atoms with van der Waals surface area (Å²) >= 11 is 0. The van der Waals surface area contributed by atoms with Gasteiger partial charge in [0.1, 0.15) is 18.4 Å². The van der Waals surface area contributed by atoms with E-state index in [-0.39, 0.29) is 12.2 Å². The predicted octanol–water partition coefficient (Wildman–Crippen LogP) is 3.46. The van der Waals surface area contributed by atoms with Crippen molar-refractivity contribution in [2.75, 3.05) is 39.5 Å². The van der Waals surface area contributed by atoms with Gasteiger partial charge in [0, 0.05) is 31.2 Å². The molecular weight excluding hydrogens is 373 g/mol. The minimum absolute atomic E-state index is 0.0661. The number of hydrogen-bond donors (Lipinski definition) is 0. The van der Waals surface area contributed by atoms with E-state index in [9.17, 15) is 13.2 Å². The van der Waals surface area contributed by atoms with Gasteiger partial charge in [-0.2, -0.15) is 13.2 Å². The molecule has 0 amide bonds. The first-order valence-electron chi connectivity index (χ1n) is 9.71. The molecule has 0 radical (unpaired) electrons. The Morgan fingerprint density at radius 1 is 1.11 bits per heavy atom. The van der Waals surface area contributed by atoms with E-state index in [1.54, 1.807) is 18.2 Å². The Balaban J connectivity index is 1.35.